The number of hydrogen-bond donors (Lipinski definition) is 0. The number of hydrogen-bond acceptors (Lipinski definition) is 1. The first-order valence-electron chi connectivity index (χ1n) is 5.33. The van der Waals surface area contributed by atoms with Crippen LogP contribution in [0.1, 0.15) is 25.7 Å². The highest BCUT2D eigenvalue weighted by Gasteiger charge is 2.13. The topological polar surface area (TPSA) is 9.23 Å². The van der Waals surface area contributed by atoms with Crippen LogP contribution in [0.4, 0.5) is 0 Å². The van der Waals surface area contributed by atoms with Gasteiger partial charge in [0.15, 0.2) is 0 Å². The molecular weight excluding hydrogens is 160 g/mol. The molecule has 1 nitrogen and oxygen atoms in total. The molecule has 0 aromatic carbocycles. The molecule has 0 bridgehead atoms. The molecule has 0 saturated carbocycles. The molecule has 0 amide bonds. The molecule has 2 rings (SSSR count). The summed E-state index contributed by atoms with van der Waals surface area (Å²) in [7, 11) is 0. The van der Waals surface area contributed by atoms with Crippen molar-refractivity contribution in [3.05, 3.63) is 24.3 Å². The van der Waals surface area contributed by atoms with Gasteiger partial charge in [-0.3, -0.25) is 0 Å². The van der Waals surface area contributed by atoms with Crippen molar-refractivity contribution < 1.29 is 4.74 Å². The molecule has 0 heterocycles. The van der Waals surface area contributed by atoms with E-state index in [-0.39, 0.29) is 0 Å². The van der Waals surface area contributed by atoms with Crippen molar-refractivity contribution in [1.29, 1.82) is 0 Å². The standard InChI is InChI=1S/C12H18O/c1-2-6-11(5-1)9-13-10-12-7-3-4-8-12/h1-4,11-12H,5-10H2. The molecule has 0 fully saturated rings. The van der Waals surface area contributed by atoms with Crippen LogP contribution in [-0.4, -0.2) is 13.2 Å². The molecule has 0 radical (unpaired) electrons. The third-order valence-corrected chi connectivity index (χ3v) is 2.92. The van der Waals surface area contributed by atoms with Crippen molar-refractivity contribution in [2.75, 3.05) is 13.2 Å². The number of ether oxygens (including phenoxy) is 1. The largest absolute Gasteiger partial charge is 0.381 e. The van der Waals surface area contributed by atoms with Gasteiger partial charge >= 0.3 is 0 Å². The minimum atomic E-state index is 0.773. The minimum Gasteiger partial charge on any atom is -0.381 e. The zero-order chi connectivity index (χ0) is 8.93. The van der Waals surface area contributed by atoms with Crippen molar-refractivity contribution >= 4 is 0 Å². The van der Waals surface area contributed by atoms with Gasteiger partial charge in [-0.1, -0.05) is 24.3 Å². The molecule has 0 N–H and O–H groups in total. The maximum absolute atomic E-state index is 5.72. The Morgan fingerprint density at radius 2 is 1.15 bits per heavy atom. The predicted molar refractivity (Wildman–Crippen MR) is 54.5 cm³/mol. The highest BCUT2D eigenvalue weighted by Crippen LogP contribution is 2.21. The van der Waals surface area contributed by atoms with Gasteiger partial charge in [-0.15, -0.1) is 0 Å². The first kappa shape index (κ1) is 9.01. The summed E-state index contributed by atoms with van der Waals surface area (Å²) in [6, 6.07) is 0. The lowest BCUT2D eigenvalue weighted by Crippen LogP contribution is -2.11. The summed E-state index contributed by atoms with van der Waals surface area (Å²) in [5.74, 6) is 1.55. The smallest absolute Gasteiger partial charge is 0.0500 e. The molecule has 0 saturated heterocycles. The minimum absolute atomic E-state index is 0.773. The molecule has 2 aliphatic rings. The van der Waals surface area contributed by atoms with Crippen molar-refractivity contribution in [3.63, 3.8) is 0 Å². The summed E-state index contributed by atoms with van der Waals surface area (Å²) >= 11 is 0. The molecule has 0 aromatic heterocycles. The Hall–Kier alpha value is -0.560. The van der Waals surface area contributed by atoms with Crippen molar-refractivity contribution in [3.8, 4) is 0 Å². The molecule has 0 atom stereocenters. The van der Waals surface area contributed by atoms with Crippen molar-refractivity contribution in [2.45, 2.75) is 25.7 Å². The average Bonchev–Trinajstić information content (AvgIpc) is 2.75. The Kier molecular flexibility index (Phi) is 3.20. The van der Waals surface area contributed by atoms with Crippen LogP contribution in [0.2, 0.25) is 0 Å². The second-order valence-electron chi connectivity index (χ2n) is 4.16. The van der Waals surface area contributed by atoms with Gasteiger partial charge in [0.25, 0.3) is 0 Å². The first-order valence-corrected chi connectivity index (χ1v) is 5.33. The van der Waals surface area contributed by atoms with E-state index < -0.39 is 0 Å². The average molecular weight is 178 g/mol. The summed E-state index contributed by atoms with van der Waals surface area (Å²) in [4.78, 5) is 0. The molecule has 1 heteroatoms. The van der Waals surface area contributed by atoms with Gasteiger partial charge in [-0.25, -0.2) is 0 Å². The van der Waals surface area contributed by atoms with E-state index in [9.17, 15) is 0 Å². The lowest BCUT2D eigenvalue weighted by atomic mass is 10.1. The van der Waals surface area contributed by atoms with Gasteiger partial charge in [0, 0.05) is 13.2 Å². The highest BCUT2D eigenvalue weighted by molar-refractivity contribution is 4.95. The molecule has 0 unspecified atom stereocenters. The van der Waals surface area contributed by atoms with E-state index in [1.165, 1.54) is 25.7 Å². The van der Waals surface area contributed by atoms with Crippen LogP contribution >= 0.6 is 0 Å². The number of rotatable bonds is 4. The fraction of sp³-hybridized carbons (Fsp3) is 0.667. The fourth-order valence-electron chi connectivity index (χ4n) is 2.02. The quantitative estimate of drug-likeness (QED) is 0.601. The maximum atomic E-state index is 5.72. The Balaban J connectivity index is 1.53. The second-order valence-corrected chi connectivity index (χ2v) is 4.16. The third kappa shape index (κ3) is 2.70. The zero-order valence-electron chi connectivity index (χ0n) is 8.11. The summed E-state index contributed by atoms with van der Waals surface area (Å²) in [5.41, 5.74) is 0. The monoisotopic (exact) mass is 178 g/mol. The van der Waals surface area contributed by atoms with Gasteiger partial charge in [0.05, 0.1) is 0 Å². The van der Waals surface area contributed by atoms with Crippen LogP contribution < -0.4 is 0 Å². The van der Waals surface area contributed by atoms with E-state index in [0.717, 1.165) is 25.0 Å². The molecule has 0 spiro atoms. The number of allylic oxidation sites excluding steroid dienone is 4. The zero-order valence-corrected chi connectivity index (χ0v) is 8.11. The normalized spacial score (nSPS) is 23.4. The molecule has 72 valence electrons. The van der Waals surface area contributed by atoms with Crippen LogP contribution in [0.5, 0.6) is 0 Å². The predicted octanol–water partition coefficient (Wildman–Crippen LogP) is 2.94. The van der Waals surface area contributed by atoms with Crippen LogP contribution in [0.3, 0.4) is 0 Å². The Labute approximate surface area is 80.5 Å². The van der Waals surface area contributed by atoms with Crippen molar-refractivity contribution in [1.82, 2.24) is 0 Å². The molecule has 0 aliphatic heterocycles. The fourth-order valence-corrected chi connectivity index (χ4v) is 2.02. The van der Waals surface area contributed by atoms with E-state index in [4.69, 9.17) is 4.74 Å². The van der Waals surface area contributed by atoms with Gasteiger partial charge in [0.2, 0.25) is 0 Å². The van der Waals surface area contributed by atoms with E-state index in [1.54, 1.807) is 0 Å². The van der Waals surface area contributed by atoms with Gasteiger partial charge < -0.3 is 4.74 Å². The first-order chi connectivity index (χ1) is 6.45. The summed E-state index contributed by atoms with van der Waals surface area (Å²) in [6.07, 6.45) is 14.0. The van der Waals surface area contributed by atoms with Crippen LogP contribution in [0.15, 0.2) is 24.3 Å². The SMILES string of the molecule is C1=CCC(COCC2CC=CC2)C1. The van der Waals surface area contributed by atoms with E-state index in [2.05, 4.69) is 24.3 Å². The summed E-state index contributed by atoms with van der Waals surface area (Å²) in [5, 5.41) is 0. The van der Waals surface area contributed by atoms with Crippen LogP contribution in [0, 0.1) is 11.8 Å². The molecule has 0 aromatic rings. The Morgan fingerprint density at radius 1 is 0.769 bits per heavy atom. The third-order valence-electron chi connectivity index (χ3n) is 2.92. The van der Waals surface area contributed by atoms with Gasteiger partial charge in [-0.2, -0.15) is 0 Å². The maximum Gasteiger partial charge on any atom is 0.0500 e. The Bertz CT molecular complexity index is 167. The lowest BCUT2D eigenvalue weighted by Gasteiger charge is -2.13. The Morgan fingerprint density at radius 3 is 1.54 bits per heavy atom. The summed E-state index contributed by atoms with van der Waals surface area (Å²) in [6.45, 7) is 1.92. The van der Waals surface area contributed by atoms with E-state index in [1.807, 2.05) is 0 Å². The van der Waals surface area contributed by atoms with E-state index in [0.29, 0.717) is 0 Å². The van der Waals surface area contributed by atoms with Crippen LogP contribution in [0.25, 0.3) is 0 Å². The molecule has 2 aliphatic carbocycles. The van der Waals surface area contributed by atoms with Crippen LogP contribution in [-0.2, 0) is 4.74 Å². The lowest BCUT2D eigenvalue weighted by molar-refractivity contribution is 0.0771. The molecular formula is C12H18O. The van der Waals surface area contributed by atoms with Gasteiger partial charge in [0.1, 0.15) is 0 Å². The molecule has 13 heavy (non-hydrogen) atoms. The highest BCUT2D eigenvalue weighted by atomic mass is 16.5. The second kappa shape index (κ2) is 4.61. The van der Waals surface area contributed by atoms with E-state index >= 15 is 0 Å². The summed E-state index contributed by atoms with van der Waals surface area (Å²) < 4.78 is 5.72. The van der Waals surface area contributed by atoms with Crippen molar-refractivity contribution in [2.24, 2.45) is 11.8 Å². The van der Waals surface area contributed by atoms with Gasteiger partial charge in [-0.05, 0) is 37.5 Å².